The number of anilines is 2. The highest BCUT2D eigenvalue weighted by atomic mass is 16.7. The number of hydroxylamine groups is 1. The lowest BCUT2D eigenvalue weighted by Crippen LogP contribution is -2.46. The van der Waals surface area contributed by atoms with Crippen LogP contribution >= 0.6 is 0 Å². The van der Waals surface area contributed by atoms with Crippen LogP contribution in [0.4, 0.5) is 16.6 Å². The second kappa shape index (κ2) is 12.2. The van der Waals surface area contributed by atoms with Gasteiger partial charge in [-0.05, 0) is 88.4 Å². The van der Waals surface area contributed by atoms with Gasteiger partial charge in [-0.25, -0.2) is 14.8 Å². The van der Waals surface area contributed by atoms with E-state index in [2.05, 4.69) is 39.4 Å². The number of aromatic nitrogens is 4. The fraction of sp³-hybridized carbons (Fsp3) is 0.812. The molecule has 3 aliphatic carbocycles. The number of carbonyl (C=O) groups excluding carboxylic acids is 1. The van der Waals surface area contributed by atoms with Crippen LogP contribution in [0.25, 0.3) is 11.2 Å². The largest absolute Gasteiger partial charge is 0.427 e. The number of amides is 1. The summed E-state index contributed by atoms with van der Waals surface area (Å²) >= 11 is 0. The van der Waals surface area contributed by atoms with Crippen LogP contribution in [0, 0.1) is 23.7 Å². The van der Waals surface area contributed by atoms with Crippen molar-refractivity contribution in [3.05, 3.63) is 5.82 Å². The molecule has 10 nitrogen and oxygen atoms in total. The van der Waals surface area contributed by atoms with Crippen molar-refractivity contribution in [2.75, 3.05) is 16.8 Å². The van der Waals surface area contributed by atoms with Crippen molar-refractivity contribution in [3.8, 4) is 0 Å². The van der Waals surface area contributed by atoms with E-state index in [9.17, 15) is 4.79 Å². The molecule has 10 heteroatoms. The highest BCUT2D eigenvalue weighted by Crippen LogP contribution is 2.40. The molecule has 0 spiro atoms. The molecule has 1 amide bonds. The van der Waals surface area contributed by atoms with E-state index in [0.717, 1.165) is 47.9 Å². The summed E-state index contributed by atoms with van der Waals surface area (Å²) in [6.45, 7) is 6.70. The SMILES string of the molecule is CC1CCC(Cn2c(N3CCCCC3C3CCCCC3)nc3nc(C4NOC(=O)N4)nc(N[C@H](C)C4CCC4)c32)CC1. The molecule has 0 aromatic carbocycles. The van der Waals surface area contributed by atoms with Crippen molar-refractivity contribution in [1.82, 2.24) is 30.3 Å². The lowest BCUT2D eigenvalue weighted by Gasteiger charge is -2.43. The first kappa shape index (κ1) is 28.2. The normalized spacial score (nSPS) is 30.1. The lowest BCUT2D eigenvalue weighted by atomic mass is 9.80. The molecule has 5 aliphatic rings. The molecule has 230 valence electrons. The fourth-order valence-corrected chi connectivity index (χ4v) is 8.33. The zero-order chi connectivity index (χ0) is 28.6. The molecule has 0 radical (unpaired) electrons. The second-order valence-electron chi connectivity index (χ2n) is 14.1. The van der Waals surface area contributed by atoms with Gasteiger partial charge in [0.2, 0.25) is 5.95 Å². The minimum absolute atomic E-state index is 0.305. The molecule has 2 aromatic heterocycles. The van der Waals surface area contributed by atoms with Gasteiger partial charge in [0.05, 0.1) is 0 Å². The Morgan fingerprint density at radius 2 is 1.71 bits per heavy atom. The van der Waals surface area contributed by atoms with Gasteiger partial charge in [-0.15, -0.1) is 5.48 Å². The zero-order valence-corrected chi connectivity index (χ0v) is 25.6. The average molecular weight is 579 g/mol. The van der Waals surface area contributed by atoms with Crippen LogP contribution in [0.2, 0.25) is 0 Å². The van der Waals surface area contributed by atoms with E-state index >= 15 is 0 Å². The minimum atomic E-state index is -0.597. The number of piperidine rings is 1. The van der Waals surface area contributed by atoms with Crippen LogP contribution in [0.15, 0.2) is 0 Å². The molecule has 7 rings (SSSR count). The Morgan fingerprint density at radius 3 is 2.43 bits per heavy atom. The van der Waals surface area contributed by atoms with Crippen molar-refractivity contribution >= 4 is 29.0 Å². The van der Waals surface area contributed by atoms with Crippen LogP contribution in [0.1, 0.15) is 122 Å². The first-order valence-electron chi connectivity index (χ1n) is 17.1. The molecular weight excluding hydrogens is 528 g/mol. The first-order chi connectivity index (χ1) is 20.5. The van der Waals surface area contributed by atoms with Crippen LogP contribution in [-0.4, -0.2) is 44.2 Å². The van der Waals surface area contributed by atoms with Crippen LogP contribution in [0.5, 0.6) is 0 Å². The maximum Gasteiger partial charge on any atom is 0.427 e. The molecule has 2 aromatic rings. The first-order valence-corrected chi connectivity index (χ1v) is 17.1. The summed E-state index contributed by atoms with van der Waals surface area (Å²) in [6.07, 6.45) is 18.4. The molecule has 4 heterocycles. The Labute approximate surface area is 250 Å². The highest BCUT2D eigenvalue weighted by molar-refractivity contribution is 5.86. The van der Waals surface area contributed by atoms with Gasteiger partial charge < -0.3 is 19.6 Å². The molecule has 2 saturated heterocycles. The summed E-state index contributed by atoms with van der Waals surface area (Å²) in [5.41, 5.74) is 4.50. The summed E-state index contributed by atoms with van der Waals surface area (Å²) in [6, 6.07) is 0.849. The molecule has 3 N–H and O–H groups in total. The number of hydrogen-bond acceptors (Lipinski definition) is 8. The summed E-state index contributed by atoms with van der Waals surface area (Å²) < 4.78 is 2.51. The quantitative estimate of drug-likeness (QED) is 0.329. The van der Waals surface area contributed by atoms with Crippen LogP contribution in [0.3, 0.4) is 0 Å². The van der Waals surface area contributed by atoms with E-state index < -0.39 is 12.3 Å². The van der Waals surface area contributed by atoms with E-state index in [1.54, 1.807) is 0 Å². The van der Waals surface area contributed by atoms with Crippen molar-refractivity contribution in [1.29, 1.82) is 0 Å². The number of carbonyl (C=O) groups is 1. The molecule has 5 fully saturated rings. The Bertz CT molecular complexity index is 1250. The monoisotopic (exact) mass is 578 g/mol. The number of imidazole rings is 1. The van der Waals surface area contributed by atoms with E-state index in [1.165, 1.54) is 96.3 Å². The van der Waals surface area contributed by atoms with Gasteiger partial charge in [0.1, 0.15) is 5.52 Å². The van der Waals surface area contributed by atoms with Crippen molar-refractivity contribution in [3.63, 3.8) is 0 Å². The predicted molar refractivity (Wildman–Crippen MR) is 164 cm³/mol. The predicted octanol–water partition coefficient (Wildman–Crippen LogP) is 6.44. The summed E-state index contributed by atoms with van der Waals surface area (Å²) in [5, 5.41) is 6.62. The van der Waals surface area contributed by atoms with Crippen molar-refractivity contribution in [2.45, 2.75) is 135 Å². The maximum atomic E-state index is 11.9. The van der Waals surface area contributed by atoms with Crippen molar-refractivity contribution < 1.29 is 9.63 Å². The molecule has 3 atom stereocenters. The van der Waals surface area contributed by atoms with Gasteiger partial charge >= 0.3 is 6.09 Å². The molecule has 3 saturated carbocycles. The number of nitrogens with one attached hydrogen (secondary N) is 3. The summed E-state index contributed by atoms with van der Waals surface area (Å²) in [5.74, 6) is 5.27. The maximum absolute atomic E-state index is 11.9. The van der Waals surface area contributed by atoms with Crippen molar-refractivity contribution in [2.24, 2.45) is 23.7 Å². The third-order valence-corrected chi connectivity index (χ3v) is 11.2. The molecular formula is C32H50N8O2. The third kappa shape index (κ3) is 5.67. The molecule has 2 unspecified atom stereocenters. The second-order valence-corrected chi connectivity index (χ2v) is 14.1. The topological polar surface area (TPSA) is 109 Å². The van der Waals surface area contributed by atoms with Crippen LogP contribution in [-0.2, 0) is 11.4 Å². The number of rotatable bonds is 8. The van der Waals surface area contributed by atoms with Gasteiger partial charge in [0, 0.05) is 25.2 Å². The van der Waals surface area contributed by atoms with Gasteiger partial charge in [0.25, 0.3) is 0 Å². The lowest BCUT2D eigenvalue weighted by molar-refractivity contribution is 0.120. The Balaban J connectivity index is 1.32. The highest BCUT2D eigenvalue weighted by Gasteiger charge is 2.36. The summed E-state index contributed by atoms with van der Waals surface area (Å²) in [7, 11) is 0. The average Bonchev–Trinajstić information content (AvgIpc) is 3.57. The van der Waals surface area contributed by atoms with Gasteiger partial charge in [-0.3, -0.25) is 5.32 Å². The molecule has 0 bridgehead atoms. The van der Waals surface area contributed by atoms with Crippen LogP contribution < -0.4 is 21.0 Å². The van der Waals surface area contributed by atoms with Gasteiger partial charge in [0.15, 0.2) is 23.5 Å². The van der Waals surface area contributed by atoms with E-state index in [1.807, 2.05) is 0 Å². The number of hydrogen-bond donors (Lipinski definition) is 3. The summed E-state index contributed by atoms with van der Waals surface area (Å²) in [4.78, 5) is 35.0. The standard InChI is InChI=1S/C32H50N8O2/c1-20-14-16-22(17-15-20)19-40-26-27(33-21(2)23-11-8-12-23)34-29(30-37-32(41)42-38-30)35-28(26)36-31(40)39-18-7-6-13-25(39)24-9-4-3-5-10-24/h20-25,30,38H,3-19H2,1-2H3,(H,37,41)(H,33,34,35)/t20?,21-,22?,25?,30?/m1/s1. The van der Waals surface area contributed by atoms with E-state index in [0.29, 0.717) is 29.7 Å². The van der Waals surface area contributed by atoms with E-state index in [4.69, 9.17) is 19.8 Å². The van der Waals surface area contributed by atoms with Gasteiger partial charge in [-0.1, -0.05) is 45.4 Å². The molecule has 42 heavy (non-hydrogen) atoms. The minimum Gasteiger partial charge on any atom is -0.365 e. The third-order valence-electron chi connectivity index (χ3n) is 11.2. The number of nitrogens with zero attached hydrogens (tertiary/aromatic N) is 5. The number of fused-ring (bicyclic) bond motifs is 1. The fourth-order valence-electron chi connectivity index (χ4n) is 8.33. The Kier molecular flexibility index (Phi) is 8.16. The van der Waals surface area contributed by atoms with Gasteiger partial charge in [-0.2, -0.15) is 4.98 Å². The smallest absolute Gasteiger partial charge is 0.365 e. The van der Waals surface area contributed by atoms with E-state index in [-0.39, 0.29) is 0 Å². The molecule has 2 aliphatic heterocycles. The Morgan fingerprint density at radius 1 is 0.929 bits per heavy atom. The zero-order valence-electron chi connectivity index (χ0n) is 25.6. The Hall–Kier alpha value is -2.62.